The summed E-state index contributed by atoms with van der Waals surface area (Å²) in [5.74, 6) is 0.724. The Labute approximate surface area is 163 Å². The molecule has 2 heterocycles. The van der Waals surface area contributed by atoms with Crippen molar-refractivity contribution in [3.63, 3.8) is 0 Å². The Morgan fingerprint density at radius 1 is 1.39 bits per heavy atom. The molecule has 8 nitrogen and oxygen atoms in total. The number of aryl methyl sites for hydroxylation is 1. The second kappa shape index (κ2) is 6.05. The number of benzene rings is 1. The lowest BCUT2D eigenvalue weighted by molar-refractivity contribution is 0.248. The molecule has 0 radical (unpaired) electrons. The first-order valence-electron chi connectivity index (χ1n) is 9.59. The van der Waals surface area contributed by atoms with E-state index in [4.69, 9.17) is 9.88 Å². The van der Waals surface area contributed by atoms with Gasteiger partial charge in [0.15, 0.2) is 9.92 Å². The number of fused-ring (bicyclic) bond motifs is 3. The highest BCUT2D eigenvalue weighted by atomic mass is 32.2. The number of amides is 2. The van der Waals surface area contributed by atoms with Gasteiger partial charge in [-0.05, 0) is 60.8 Å². The van der Waals surface area contributed by atoms with Gasteiger partial charge in [-0.15, -0.1) is 4.36 Å². The Hall–Kier alpha value is -2.39. The average Bonchev–Trinajstić information content (AvgIpc) is 3.27. The highest BCUT2D eigenvalue weighted by molar-refractivity contribution is 7.91. The molecule has 1 aromatic carbocycles. The van der Waals surface area contributed by atoms with Gasteiger partial charge in [0, 0.05) is 5.69 Å². The van der Waals surface area contributed by atoms with Crippen molar-refractivity contribution in [1.29, 1.82) is 0 Å². The molecule has 1 aromatic heterocycles. The fourth-order valence-corrected chi connectivity index (χ4v) is 5.57. The van der Waals surface area contributed by atoms with Crippen LogP contribution in [0.2, 0.25) is 0 Å². The maximum absolute atomic E-state index is 13.0. The average molecular weight is 401 g/mol. The number of anilines is 1. The molecule has 1 aliphatic heterocycles. The summed E-state index contributed by atoms with van der Waals surface area (Å²) >= 11 is 0. The van der Waals surface area contributed by atoms with Crippen molar-refractivity contribution >= 4 is 21.6 Å². The maximum Gasteiger partial charge on any atom is 0.354 e. The van der Waals surface area contributed by atoms with Crippen LogP contribution in [-0.4, -0.2) is 26.1 Å². The van der Waals surface area contributed by atoms with Crippen molar-refractivity contribution in [2.24, 2.45) is 9.50 Å². The minimum atomic E-state index is -3.46. The fourth-order valence-electron chi connectivity index (χ4n) is 4.58. The molecule has 5 rings (SSSR count). The van der Waals surface area contributed by atoms with Crippen LogP contribution in [0.4, 0.5) is 10.5 Å². The maximum atomic E-state index is 13.0. The second-order valence-electron chi connectivity index (χ2n) is 7.94. The molecule has 2 amide bonds. The summed E-state index contributed by atoms with van der Waals surface area (Å²) in [5.41, 5.74) is 5.79. The van der Waals surface area contributed by atoms with Gasteiger partial charge < -0.3 is 10.1 Å². The van der Waals surface area contributed by atoms with E-state index in [2.05, 4.69) is 27.8 Å². The second-order valence-corrected chi connectivity index (χ2v) is 9.70. The number of nitrogens with two attached hydrogens (primary N) is 1. The Bertz CT molecular complexity index is 1130. The van der Waals surface area contributed by atoms with Crippen molar-refractivity contribution in [3.05, 3.63) is 34.5 Å². The van der Waals surface area contributed by atoms with Gasteiger partial charge in [0.05, 0.1) is 12.7 Å². The van der Waals surface area contributed by atoms with E-state index in [1.807, 2.05) is 6.92 Å². The largest absolute Gasteiger partial charge is 0.472 e. The molecule has 2 aliphatic carbocycles. The molecule has 3 N–H and O–H groups in total. The molecule has 148 valence electrons. The molecule has 28 heavy (non-hydrogen) atoms. The van der Waals surface area contributed by atoms with E-state index >= 15 is 0 Å². The molecule has 0 bridgehead atoms. The van der Waals surface area contributed by atoms with Gasteiger partial charge in [-0.1, -0.05) is 13.0 Å². The summed E-state index contributed by atoms with van der Waals surface area (Å²) < 4.78 is 24.0. The number of carbonyl (C=O) groups is 1. The SMILES string of the molecule is C[C@@H]1Cc2cc3c(c(NC(=O)N=[S@](N)(=O)c4cnn5c4O[C@@H](C)C5)c21)CCC3. The Morgan fingerprint density at radius 2 is 2.21 bits per heavy atom. The number of hydrogen-bond acceptors (Lipinski definition) is 4. The van der Waals surface area contributed by atoms with Crippen molar-refractivity contribution < 1.29 is 13.7 Å². The summed E-state index contributed by atoms with van der Waals surface area (Å²) in [6, 6.07) is 1.57. The first-order valence-corrected chi connectivity index (χ1v) is 11.2. The van der Waals surface area contributed by atoms with Crippen LogP contribution >= 0.6 is 0 Å². The first kappa shape index (κ1) is 17.7. The first-order chi connectivity index (χ1) is 13.3. The van der Waals surface area contributed by atoms with E-state index in [9.17, 15) is 9.00 Å². The Balaban J connectivity index is 1.49. The van der Waals surface area contributed by atoms with Gasteiger partial charge in [-0.3, -0.25) is 0 Å². The molecular formula is C19H23N5O3S. The van der Waals surface area contributed by atoms with Gasteiger partial charge in [0.25, 0.3) is 0 Å². The molecular weight excluding hydrogens is 378 g/mol. The molecule has 0 fully saturated rings. The zero-order chi connectivity index (χ0) is 19.6. The number of aromatic nitrogens is 2. The van der Waals surface area contributed by atoms with E-state index in [1.165, 1.54) is 28.5 Å². The number of nitrogens with one attached hydrogen (secondary N) is 1. The van der Waals surface area contributed by atoms with Crippen molar-refractivity contribution in [2.45, 2.75) is 63.0 Å². The third-order valence-electron chi connectivity index (χ3n) is 5.81. The molecule has 2 aromatic rings. The number of rotatable bonds is 2. The van der Waals surface area contributed by atoms with Gasteiger partial charge in [-0.25, -0.2) is 18.8 Å². The van der Waals surface area contributed by atoms with Crippen LogP contribution in [0.1, 0.15) is 48.4 Å². The van der Waals surface area contributed by atoms with Crippen LogP contribution < -0.4 is 15.2 Å². The minimum Gasteiger partial charge on any atom is -0.472 e. The molecule has 0 spiro atoms. The van der Waals surface area contributed by atoms with Crippen molar-refractivity contribution in [1.82, 2.24) is 9.78 Å². The smallest absolute Gasteiger partial charge is 0.354 e. The highest BCUT2D eigenvalue weighted by Gasteiger charge is 2.32. The summed E-state index contributed by atoms with van der Waals surface area (Å²) in [5, 5.41) is 13.0. The van der Waals surface area contributed by atoms with Crippen molar-refractivity contribution in [3.8, 4) is 5.88 Å². The van der Waals surface area contributed by atoms with Gasteiger partial charge in [-0.2, -0.15) is 5.10 Å². The Morgan fingerprint density at radius 3 is 3.00 bits per heavy atom. The number of nitrogens with zero attached hydrogens (tertiary/aromatic N) is 3. The predicted octanol–water partition coefficient (Wildman–Crippen LogP) is 2.75. The molecule has 3 atom stereocenters. The number of urea groups is 1. The zero-order valence-corrected chi connectivity index (χ0v) is 16.7. The summed E-state index contributed by atoms with van der Waals surface area (Å²) in [6.07, 6.45) is 5.36. The lowest BCUT2D eigenvalue weighted by Gasteiger charge is -2.31. The standard InChI is InChI=1S/C19H23N5O3S/c1-10-6-13-7-12-4-3-5-14(12)17(16(10)13)22-19(25)23-28(20,26)15-8-21-24-9-11(2)27-18(15)24/h7-8,10-11H,3-6,9H2,1-2H3,(H3,20,22,23,25,26)/t10-,11+,28+/m1/s1. The molecule has 0 unspecified atom stereocenters. The fraction of sp³-hybridized carbons (Fsp3) is 0.474. The van der Waals surface area contributed by atoms with Crippen LogP contribution in [-0.2, 0) is 35.7 Å². The number of carbonyl (C=O) groups excluding carboxylic acids is 1. The van der Waals surface area contributed by atoms with E-state index in [-0.39, 0.29) is 11.0 Å². The summed E-state index contributed by atoms with van der Waals surface area (Å²) in [7, 11) is -3.46. The van der Waals surface area contributed by atoms with Gasteiger partial charge >= 0.3 is 6.03 Å². The van der Waals surface area contributed by atoms with E-state index in [0.717, 1.165) is 31.4 Å². The lowest BCUT2D eigenvalue weighted by Crippen LogP contribution is -2.23. The molecule has 3 aliphatic rings. The zero-order valence-electron chi connectivity index (χ0n) is 15.9. The van der Waals surface area contributed by atoms with Crippen LogP contribution in [0.5, 0.6) is 5.88 Å². The topological polar surface area (TPSA) is 112 Å². The van der Waals surface area contributed by atoms with Crippen LogP contribution in [0.25, 0.3) is 0 Å². The van der Waals surface area contributed by atoms with E-state index in [0.29, 0.717) is 18.3 Å². The van der Waals surface area contributed by atoms with Crippen LogP contribution in [0.3, 0.4) is 0 Å². The predicted molar refractivity (Wildman–Crippen MR) is 105 cm³/mol. The number of hydrogen-bond donors (Lipinski definition) is 2. The normalized spacial score (nSPS) is 23.7. The summed E-state index contributed by atoms with van der Waals surface area (Å²) in [4.78, 5) is 12.8. The summed E-state index contributed by atoms with van der Waals surface area (Å²) in [6.45, 7) is 4.59. The van der Waals surface area contributed by atoms with Gasteiger partial charge in [0.2, 0.25) is 5.88 Å². The monoisotopic (exact) mass is 401 g/mol. The third kappa shape index (κ3) is 2.64. The number of ether oxygens (including phenoxy) is 1. The molecule has 0 saturated carbocycles. The Kier molecular flexibility index (Phi) is 3.82. The van der Waals surface area contributed by atoms with Crippen LogP contribution in [0, 0.1) is 0 Å². The lowest BCUT2D eigenvalue weighted by atomic mass is 9.75. The molecule has 0 saturated heterocycles. The van der Waals surface area contributed by atoms with E-state index in [1.54, 1.807) is 4.68 Å². The molecule has 9 heteroatoms. The quantitative estimate of drug-likeness (QED) is 0.806. The van der Waals surface area contributed by atoms with E-state index < -0.39 is 15.9 Å². The van der Waals surface area contributed by atoms with Crippen LogP contribution in [0.15, 0.2) is 21.5 Å². The highest BCUT2D eigenvalue weighted by Crippen LogP contribution is 2.45. The van der Waals surface area contributed by atoms with Crippen molar-refractivity contribution in [2.75, 3.05) is 5.32 Å². The minimum absolute atomic E-state index is 0.0845. The third-order valence-corrected chi connectivity index (χ3v) is 7.16. The van der Waals surface area contributed by atoms with Gasteiger partial charge in [0.1, 0.15) is 11.0 Å².